The average Bonchev–Trinajstić information content (AvgIpc) is 2.56. The lowest BCUT2D eigenvalue weighted by Crippen LogP contribution is -2.03. The smallest absolute Gasteiger partial charge is 0.337 e. The van der Waals surface area contributed by atoms with Crippen molar-refractivity contribution in [3.8, 4) is 11.1 Å². The van der Waals surface area contributed by atoms with Crippen LogP contribution in [0.4, 0.5) is 0 Å². The predicted molar refractivity (Wildman–Crippen MR) is 80.0 cm³/mol. The lowest BCUT2D eigenvalue weighted by Gasteiger charge is -2.14. The van der Waals surface area contributed by atoms with Gasteiger partial charge in [-0.15, -0.1) is 0 Å². The van der Waals surface area contributed by atoms with Gasteiger partial charge in [0, 0.05) is 19.8 Å². The first-order chi connectivity index (χ1) is 10.2. The van der Waals surface area contributed by atoms with E-state index < -0.39 is 0 Å². The third-order valence-electron chi connectivity index (χ3n) is 3.23. The molecule has 0 aromatic heterocycles. The monoisotopic (exact) mass is 286 g/mol. The number of benzene rings is 2. The molecule has 0 aliphatic rings. The molecule has 0 bridgehead atoms. The molecule has 0 fully saturated rings. The van der Waals surface area contributed by atoms with Crippen molar-refractivity contribution in [3.63, 3.8) is 0 Å². The minimum absolute atomic E-state index is 0.340. The molecular weight excluding hydrogens is 268 g/mol. The van der Waals surface area contributed by atoms with Gasteiger partial charge in [0.15, 0.2) is 6.29 Å². The normalized spacial score (nSPS) is 10.7. The van der Waals surface area contributed by atoms with Crippen LogP contribution in [-0.4, -0.2) is 27.3 Å². The van der Waals surface area contributed by atoms with Gasteiger partial charge >= 0.3 is 5.97 Å². The molecule has 0 aliphatic carbocycles. The van der Waals surface area contributed by atoms with Crippen LogP contribution in [0.3, 0.4) is 0 Å². The molecule has 0 aliphatic heterocycles. The van der Waals surface area contributed by atoms with E-state index in [0.717, 1.165) is 16.7 Å². The Hall–Kier alpha value is -2.17. The first-order valence-electron chi connectivity index (χ1n) is 6.54. The van der Waals surface area contributed by atoms with E-state index in [0.29, 0.717) is 5.56 Å². The molecule has 0 saturated carbocycles. The minimum atomic E-state index is -0.375. The summed E-state index contributed by atoms with van der Waals surface area (Å²) >= 11 is 0. The maximum Gasteiger partial charge on any atom is 0.337 e. The topological polar surface area (TPSA) is 44.8 Å². The second-order valence-electron chi connectivity index (χ2n) is 4.50. The molecule has 4 heteroatoms. The number of rotatable bonds is 5. The lowest BCUT2D eigenvalue weighted by atomic mass is 10.0. The van der Waals surface area contributed by atoms with Gasteiger partial charge in [-0.2, -0.15) is 0 Å². The van der Waals surface area contributed by atoms with Crippen molar-refractivity contribution in [3.05, 3.63) is 59.7 Å². The fourth-order valence-corrected chi connectivity index (χ4v) is 2.14. The van der Waals surface area contributed by atoms with Crippen LogP contribution in [0.1, 0.15) is 22.2 Å². The highest BCUT2D eigenvalue weighted by molar-refractivity contribution is 5.90. The molecular formula is C17H18O4. The molecule has 0 spiro atoms. The van der Waals surface area contributed by atoms with Gasteiger partial charge in [-0.25, -0.2) is 4.79 Å². The quantitative estimate of drug-likeness (QED) is 0.624. The van der Waals surface area contributed by atoms with Gasteiger partial charge in [0.05, 0.1) is 12.7 Å². The van der Waals surface area contributed by atoms with E-state index in [1.54, 1.807) is 20.3 Å². The van der Waals surface area contributed by atoms with Gasteiger partial charge < -0.3 is 14.2 Å². The second-order valence-corrected chi connectivity index (χ2v) is 4.50. The molecule has 0 N–H and O–H groups in total. The summed E-state index contributed by atoms with van der Waals surface area (Å²) in [6.07, 6.45) is -0.375. The molecule has 4 nitrogen and oxygen atoms in total. The number of carbonyl (C=O) groups is 1. The molecule has 0 heterocycles. The van der Waals surface area contributed by atoms with Gasteiger partial charge in [0.1, 0.15) is 0 Å². The van der Waals surface area contributed by atoms with Crippen LogP contribution in [0.2, 0.25) is 0 Å². The van der Waals surface area contributed by atoms with Crippen LogP contribution >= 0.6 is 0 Å². The zero-order valence-electron chi connectivity index (χ0n) is 12.3. The van der Waals surface area contributed by atoms with E-state index >= 15 is 0 Å². The number of ether oxygens (including phenoxy) is 3. The molecule has 0 radical (unpaired) electrons. The standard InChI is InChI=1S/C17H18O4/c1-19-16(18)15-6-4-5-14(11-15)12-7-9-13(10-8-12)17(20-2)21-3/h4-11,17H,1-3H3. The largest absolute Gasteiger partial charge is 0.465 e. The minimum Gasteiger partial charge on any atom is -0.465 e. The van der Waals surface area contributed by atoms with Crippen LogP contribution < -0.4 is 0 Å². The van der Waals surface area contributed by atoms with Gasteiger partial charge in [0.2, 0.25) is 0 Å². The maximum absolute atomic E-state index is 11.6. The summed E-state index contributed by atoms with van der Waals surface area (Å²) in [6, 6.07) is 15.2. The lowest BCUT2D eigenvalue weighted by molar-refractivity contribution is -0.106. The van der Waals surface area contributed by atoms with Crippen molar-refractivity contribution >= 4 is 5.97 Å². The van der Waals surface area contributed by atoms with E-state index in [1.165, 1.54) is 7.11 Å². The summed E-state index contributed by atoms with van der Waals surface area (Å²) < 4.78 is 15.2. The summed E-state index contributed by atoms with van der Waals surface area (Å²) in [5, 5.41) is 0. The highest BCUT2D eigenvalue weighted by Crippen LogP contribution is 2.24. The summed E-state index contributed by atoms with van der Waals surface area (Å²) in [4.78, 5) is 11.6. The van der Waals surface area contributed by atoms with Crippen LogP contribution in [0.15, 0.2) is 48.5 Å². The van der Waals surface area contributed by atoms with E-state index in [-0.39, 0.29) is 12.3 Å². The van der Waals surface area contributed by atoms with E-state index in [9.17, 15) is 4.79 Å². The Labute approximate surface area is 124 Å². The van der Waals surface area contributed by atoms with Crippen molar-refractivity contribution in [2.24, 2.45) is 0 Å². The number of hydrogen-bond acceptors (Lipinski definition) is 4. The molecule has 0 unspecified atom stereocenters. The summed E-state index contributed by atoms with van der Waals surface area (Å²) in [7, 11) is 4.57. The summed E-state index contributed by atoms with van der Waals surface area (Å²) in [6.45, 7) is 0. The zero-order valence-corrected chi connectivity index (χ0v) is 12.3. The fourth-order valence-electron chi connectivity index (χ4n) is 2.14. The van der Waals surface area contributed by atoms with Gasteiger partial charge in [-0.1, -0.05) is 36.4 Å². The Morgan fingerprint density at radius 2 is 1.57 bits per heavy atom. The molecule has 21 heavy (non-hydrogen) atoms. The van der Waals surface area contributed by atoms with Gasteiger partial charge in [-0.05, 0) is 23.3 Å². The second kappa shape index (κ2) is 7.02. The van der Waals surface area contributed by atoms with Gasteiger partial charge in [-0.3, -0.25) is 0 Å². The van der Waals surface area contributed by atoms with Crippen LogP contribution in [0.5, 0.6) is 0 Å². The maximum atomic E-state index is 11.6. The Bertz CT molecular complexity index is 600. The number of esters is 1. The third kappa shape index (κ3) is 3.48. The fraction of sp³-hybridized carbons (Fsp3) is 0.235. The van der Waals surface area contributed by atoms with Crippen LogP contribution in [-0.2, 0) is 14.2 Å². The predicted octanol–water partition coefficient (Wildman–Crippen LogP) is 3.43. The van der Waals surface area contributed by atoms with Gasteiger partial charge in [0.25, 0.3) is 0 Å². The van der Waals surface area contributed by atoms with Crippen LogP contribution in [0, 0.1) is 0 Å². The number of carbonyl (C=O) groups excluding carboxylic acids is 1. The SMILES string of the molecule is COC(=O)c1cccc(-c2ccc(C(OC)OC)cc2)c1. The highest BCUT2D eigenvalue weighted by Gasteiger charge is 2.10. The Morgan fingerprint density at radius 1 is 0.905 bits per heavy atom. The Morgan fingerprint density at radius 3 is 2.14 bits per heavy atom. The molecule has 0 amide bonds. The molecule has 2 rings (SSSR count). The van der Waals surface area contributed by atoms with E-state index in [4.69, 9.17) is 14.2 Å². The number of hydrogen-bond donors (Lipinski definition) is 0. The molecule has 110 valence electrons. The molecule has 0 saturated heterocycles. The summed E-state index contributed by atoms with van der Waals surface area (Å²) in [5.41, 5.74) is 3.44. The average molecular weight is 286 g/mol. The van der Waals surface area contributed by atoms with E-state index in [2.05, 4.69) is 0 Å². The highest BCUT2D eigenvalue weighted by atomic mass is 16.7. The number of methoxy groups -OCH3 is 3. The van der Waals surface area contributed by atoms with Crippen molar-refractivity contribution in [1.82, 2.24) is 0 Å². The molecule has 2 aromatic rings. The van der Waals surface area contributed by atoms with Crippen LogP contribution in [0.25, 0.3) is 11.1 Å². The third-order valence-corrected chi connectivity index (χ3v) is 3.23. The Balaban J connectivity index is 2.28. The van der Waals surface area contributed by atoms with Crippen molar-refractivity contribution in [2.45, 2.75) is 6.29 Å². The zero-order chi connectivity index (χ0) is 15.2. The summed E-state index contributed by atoms with van der Waals surface area (Å²) in [5.74, 6) is -0.340. The van der Waals surface area contributed by atoms with Crippen molar-refractivity contribution < 1.29 is 19.0 Å². The molecule has 2 aromatic carbocycles. The van der Waals surface area contributed by atoms with E-state index in [1.807, 2.05) is 42.5 Å². The first-order valence-corrected chi connectivity index (χ1v) is 6.54. The Kier molecular flexibility index (Phi) is 5.09. The van der Waals surface area contributed by atoms with Crippen molar-refractivity contribution in [1.29, 1.82) is 0 Å². The first kappa shape index (κ1) is 15.2. The van der Waals surface area contributed by atoms with Crippen molar-refractivity contribution in [2.75, 3.05) is 21.3 Å². The molecule has 0 atom stereocenters.